The van der Waals surface area contributed by atoms with Crippen LogP contribution in [-0.4, -0.2) is 30.7 Å². The molecule has 0 radical (unpaired) electrons. The minimum absolute atomic E-state index is 0.0134. The van der Waals surface area contributed by atoms with Crippen LogP contribution >= 0.6 is 0 Å². The number of primary amides is 1. The molecule has 1 aliphatic rings. The first-order valence-electron chi connectivity index (χ1n) is 5.89. The lowest BCUT2D eigenvalue weighted by atomic mass is 10.2. The predicted molar refractivity (Wildman–Crippen MR) is 64.8 cm³/mol. The Morgan fingerprint density at radius 1 is 1.33 bits per heavy atom. The summed E-state index contributed by atoms with van der Waals surface area (Å²) in [5, 5.41) is 1.70. The molecule has 9 heteroatoms. The summed E-state index contributed by atoms with van der Waals surface area (Å²) < 4.78 is 47.4. The lowest BCUT2D eigenvalue weighted by Crippen LogP contribution is -2.33. The largest absolute Gasteiger partial charge is 0.487 e. The van der Waals surface area contributed by atoms with Crippen LogP contribution in [0.1, 0.15) is 6.42 Å². The van der Waals surface area contributed by atoms with Gasteiger partial charge in [-0.2, -0.15) is 13.2 Å². The van der Waals surface area contributed by atoms with Gasteiger partial charge in [-0.1, -0.05) is 6.07 Å². The number of carbonyl (C=O) groups is 2. The smallest absolute Gasteiger partial charge is 0.471 e. The topological polar surface area (TPSA) is 90.7 Å². The van der Waals surface area contributed by atoms with Gasteiger partial charge >= 0.3 is 12.1 Å². The Kier molecular flexibility index (Phi) is 3.92. The molecule has 2 amide bonds. The summed E-state index contributed by atoms with van der Waals surface area (Å²) >= 11 is 0. The number of anilines is 1. The summed E-state index contributed by atoms with van der Waals surface area (Å²) in [6.07, 6.45) is -5.82. The molecule has 0 saturated heterocycles. The van der Waals surface area contributed by atoms with Crippen molar-refractivity contribution in [3.05, 3.63) is 18.2 Å². The van der Waals surface area contributed by atoms with Crippen LogP contribution in [0.2, 0.25) is 0 Å². The van der Waals surface area contributed by atoms with E-state index in [1.165, 1.54) is 18.2 Å². The maximum atomic E-state index is 12.3. The van der Waals surface area contributed by atoms with Crippen molar-refractivity contribution >= 4 is 17.5 Å². The second kappa shape index (κ2) is 5.51. The highest BCUT2D eigenvalue weighted by molar-refractivity contribution is 5.96. The number of para-hydroxylation sites is 1. The molecule has 3 N–H and O–H groups in total. The molecule has 0 aromatic heterocycles. The second-order valence-corrected chi connectivity index (χ2v) is 4.23. The summed E-state index contributed by atoms with van der Waals surface area (Å²) in [7, 11) is 0. The molecule has 1 heterocycles. The van der Waals surface area contributed by atoms with E-state index in [9.17, 15) is 22.8 Å². The molecule has 114 valence electrons. The molecular formula is C12H11F3N2O4. The van der Waals surface area contributed by atoms with Crippen molar-refractivity contribution < 1.29 is 32.2 Å². The highest BCUT2D eigenvalue weighted by Gasteiger charge is 2.39. The van der Waals surface area contributed by atoms with Gasteiger partial charge < -0.3 is 20.5 Å². The maximum absolute atomic E-state index is 12.3. The van der Waals surface area contributed by atoms with Gasteiger partial charge in [0.1, 0.15) is 0 Å². The first kappa shape index (κ1) is 14.9. The summed E-state index contributed by atoms with van der Waals surface area (Å²) in [5.41, 5.74) is 4.94. The molecule has 1 aromatic carbocycles. The molecule has 6 nitrogen and oxygen atoms in total. The van der Waals surface area contributed by atoms with Crippen LogP contribution in [0, 0.1) is 0 Å². The fraction of sp³-hybridized carbons (Fsp3) is 0.333. The Balaban J connectivity index is 2.29. The molecule has 1 unspecified atom stereocenters. The summed E-state index contributed by atoms with van der Waals surface area (Å²) in [5.74, 6) is -2.87. The highest BCUT2D eigenvalue weighted by atomic mass is 19.4. The average Bonchev–Trinajstić information content (AvgIpc) is 2.60. The van der Waals surface area contributed by atoms with E-state index in [2.05, 4.69) is 0 Å². The molecule has 1 aliphatic heterocycles. The Morgan fingerprint density at radius 2 is 2.05 bits per heavy atom. The van der Waals surface area contributed by atoms with E-state index >= 15 is 0 Å². The number of nitrogens with one attached hydrogen (secondary N) is 1. The lowest BCUT2D eigenvalue weighted by Gasteiger charge is -2.15. The monoisotopic (exact) mass is 304 g/mol. The number of ether oxygens (including phenoxy) is 2. The zero-order chi connectivity index (χ0) is 15.6. The molecule has 21 heavy (non-hydrogen) atoms. The van der Waals surface area contributed by atoms with E-state index in [0.29, 0.717) is 0 Å². The quantitative estimate of drug-likeness (QED) is 0.859. The van der Waals surface area contributed by atoms with Gasteiger partial charge in [0, 0.05) is 6.42 Å². The van der Waals surface area contributed by atoms with Gasteiger partial charge in [-0.3, -0.25) is 9.59 Å². The van der Waals surface area contributed by atoms with Crippen LogP contribution in [0.4, 0.5) is 18.9 Å². The Hall–Kier alpha value is -2.45. The highest BCUT2D eigenvalue weighted by Crippen LogP contribution is 2.38. The molecule has 0 spiro atoms. The zero-order valence-electron chi connectivity index (χ0n) is 10.6. The van der Waals surface area contributed by atoms with Gasteiger partial charge in [-0.05, 0) is 12.1 Å². The summed E-state index contributed by atoms with van der Waals surface area (Å²) in [6, 6.07) is 3.99. The van der Waals surface area contributed by atoms with Gasteiger partial charge in [0.2, 0.25) is 0 Å². The molecule has 0 saturated carbocycles. The van der Waals surface area contributed by atoms with Crippen molar-refractivity contribution in [2.45, 2.75) is 18.7 Å². The van der Waals surface area contributed by atoms with Gasteiger partial charge in [0.15, 0.2) is 17.6 Å². The third-order valence-electron chi connectivity index (χ3n) is 2.70. The average molecular weight is 304 g/mol. The van der Waals surface area contributed by atoms with E-state index in [1.807, 2.05) is 0 Å². The summed E-state index contributed by atoms with van der Waals surface area (Å²) in [4.78, 5) is 22.1. The van der Waals surface area contributed by atoms with E-state index < -0.39 is 24.1 Å². The van der Waals surface area contributed by atoms with Crippen molar-refractivity contribution in [1.82, 2.24) is 0 Å². The Bertz CT molecular complexity index is 574. The number of alkyl halides is 3. The van der Waals surface area contributed by atoms with E-state index in [-0.39, 0.29) is 30.2 Å². The number of amides is 2. The van der Waals surface area contributed by atoms with Gasteiger partial charge in [-0.25, -0.2) is 0 Å². The Morgan fingerprint density at radius 3 is 2.67 bits per heavy atom. The van der Waals surface area contributed by atoms with Gasteiger partial charge in [-0.15, -0.1) is 0 Å². The molecule has 1 aromatic rings. The molecular weight excluding hydrogens is 293 g/mol. The standard InChI is InChI=1S/C12H11F3N2O4/c13-12(14,15)11(19)17-6-2-1-3-7-9(6)20-5-4-8(21-7)10(16)18/h1-3,8H,4-5H2,(H2,16,18)(H,17,19). The molecule has 2 rings (SSSR count). The Labute approximate surface area is 117 Å². The minimum atomic E-state index is -5.02. The molecule has 1 atom stereocenters. The maximum Gasteiger partial charge on any atom is 0.471 e. The number of fused-ring (bicyclic) bond motifs is 1. The SMILES string of the molecule is NC(=O)C1CCOc2c(NC(=O)C(F)(F)F)cccc2O1. The number of halogens is 3. The van der Waals surface area contributed by atoms with Crippen LogP contribution in [-0.2, 0) is 9.59 Å². The number of hydrogen-bond donors (Lipinski definition) is 2. The van der Waals surface area contributed by atoms with Gasteiger partial charge in [0.05, 0.1) is 12.3 Å². The fourth-order valence-electron chi connectivity index (χ4n) is 1.73. The van der Waals surface area contributed by atoms with Crippen LogP contribution in [0.5, 0.6) is 11.5 Å². The molecule has 0 bridgehead atoms. The van der Waals surface area contributed by atoms with Crippen molar-refractivity contribution in [3.8, 4) is 11.5 Å². The first-order chi connectivity index (χ1) is 9.79. The zero-order valence-corrected chi connectivity index (χ0v) is 10.6. The fourth-order valence-corrected chi connectivity index (χ4v) is 1.73. The number of nitrogens with two attached hydrogens (primary N) is 1. The minimum Gasteiger partial charge on any atom is -0.487 e. The number of rotatable bonds is 2. The lowest BCUT2D eigenvalue weighted by molar-refractivity contribution is -0.167. The van der Waals surface area contributed by atoms with Crippen molar-refractivity contribution in [2.75, 3.05) is 11.9 Å². The predicted octanol–water partition coefficient (Wildman–Crippen LogP) is 1.20. The van der Waals surface area contributed by atoms with Crippen LogP contribution in [0.25, 0.3) is 0 Å². The van der Waals surface area contributed by atoms with Crippen LogP contribution < -0.4 is 20.5 Å². The van der Waals surface area contributed by atoms with E-state index in [1.54, 1.807) is 5.32 Å². The van der Waals surface area contributed by atoms with Crippen LogP contribution in [0.3, 0.4) is 0 Å². The molecule has 0 aliphatic carbocycles. The second-order valence-electron chi connectivity index (χ2n) is 4.23. The normalized spacial score (nSPS) is 17.8. The number of benzene rings is 1. The molecule has 0 fully saturated rings. The van der Waals surface area contributed by atoms with Crippen molar-refractivity contribution in [2.24, 2.45) is 5.73 Å². The number of carbonyl (C=O) groups excluding carboxylic acids is 2. The van der Waals surface area contributed by atoms with E-state index in [0.717, 1.165) is 0 Å². The van der Waals surface area contributed by atoms with Crippen molar-refractivity contribution in [1.29, 1.82) is 0 Å². The number of hydrogen-bond acceptors (Lipinski definition) is 4. The third kappa shape index (κ3) is 3.36. The first-order valence-corrected chi connectivity index (χ1v) is 5.89. The van der Waals surface area contributed by atoms with E-state index in [4.69, 9.17) is 15.2 Å². The van der Waals surface area contributed by atoms with Gasteiger partial charge in [0.25, 0.3) is 5.91 Å². The van der Waals surface area contributed by atoms with Crippen molar-refractivity contribution in [3.63, 3.8) is 0 Å². The summed E-state index contributed by atoms with van der Waals surface area (Å²) in [6.45, 7) is 0.0134. The van der Waals surface area contributed by atoms with Crippen LogP contribution in [0.15, 0.2) is 18.2 Å². The third-order valence-corrected chi connectivity index (χ3v) is 2.70.